The molecule has 0 amide bonds. The lowest BCUT2D eigenvalue weighted by molar-refractivity contribution is -0.385. The van der Waals surface area contributed by atoms with Gasteiger partial charge in [-0.1, -0.05) is 6.07 Å². The van der Waals surface area contributed by atoms with E-state index >= 15 is 0 Å². The molecule has 2 fully saturated rings. The molecule has 120 valence electrons. The highest BCUT2D eigenvalue weighted by atomic mass is 16.6. The number of hydrogen-bond acceptors (Lipinski definition) is 4. The van der Waals surface area contributed by atoms with Gasteiger partial charge in [0.05, 0.1) is 11.0 Å². The van der Waals surface area contributed by atoms with Crippen LogP contribution in [0.5, 0.6) is 0 Å². The van der Waals surface area contributed by atoms with Crippen LogP contribution in [0.15, 0.2) is 18.2 Å². The molecule has 5 heteroatoms. The molecule has 22 heavy (non-hydrogen) atoms. The highest BCUT2D eigenvalue weighted by Crippen LogP contribution is 2.41. The molecule has 1 aromatic carbocycles. The lowest BCUT2D eigenvalue weighted by Gasteiger charge is -2.29. The number of aliphatic hydroxyl groups is 1. The van der Waals surface area contributed by atoms with Gasteiger partial charge in [-0.3, -0.25) is 10.1 Å². The molecule has 0 bridgehead atoms. The summed E-state index contributed by atoms with van der Waals surface area (Å²) in [6, 6.07) is 5.63. The van der Waals surface area contributed by atoms with Crippen molar-refractivity contribution in [2.24, 2.45) is 0 Å². The zero-order chi connectivity index (χ0) is 15.5. The maximum Gasteiger partial charge on any atom is 0.269 e. The maximum atomic E-state index is 11.1. The lowest BCUT2D eigenvalue weighted by Crippen LogP contribution is -2.36. The fourth-order valence-corrected chi connectivity index (χ4v) is 3.25. The molecule has 1 saturated carbocycles. The largest absolute Gasteiger partial charge is 0.393 e. The van der Waals surface area contributed by atoms with Crippen molar-refractivity contribution < 1.29 is 10.0 Å². The van der Waals surface area contributed by atoms with Crippen LogP contribution in [0.3, 0.4) is 0 Å². The van der Waals surface area contributed by atoms with Gasteiger partial charge in [0.15, 0.2) is 0 Å². The molecule has 0 atom stereocenters. The molecule has 0 spiro atoms. The Morgan fingerprint density at radius 1 is 1.18 bits per heavy atom. The molecule has 1 aliphatic heterocycles. The topological polar surface area (TPSA) is 66.6 Å². The molecular formula is C17H24N2O3. The number of benzene rings is 1. The zero-order valence-corrected chi connectivity index (χ0v) is 12.9. The molecule has 3 rings (SSSR count). The van der Waals surface area contributed by atoms with Crippen LogP contribution in [0.4, 0.5) is 5.69 Å². The first kappa shape index (κ1) is 15.4. The van der Waals surface area contributed by atoms with Crippen molar-refractivity contribution in [1.29, 1.82) is 0 Å². The number of nitrogens with zero attached hydrogens (tertiary/aromatic N) is 2. The minimum absolute atomic E-state index is 0.130. The number of aryl methyl sites for hydroxylation is 1. The van der Waals surface area contributed by atoms with E-state index < -0.39 is 0 Å². The summed E-state index contributed by atoms with van der Waals surface area (Å²) < 4.78 is 0. The van der Waals surface area contributed by atoms with Gasteiger partial charge in [0, 0.05) is 25.2 Å². The Bertz CT molecular complexity index is 535. The predicted molar refractivity (Wildman–Crippen MR) is 85.1 cm³/mol. The van der Waals surface area contributed by atoms with Gasteiger partial charge in [-0.2, -0.15) is 0 Å². The average molecular weight is 304 g/mol. The van der Waals surface area contributed by atoms with E-state index in [1.54, 1.807) is 12.1 Å². The van der Waals surface area contributed by atoms with Crippen molar-refractivity contribution in [1.82, 2.24) is 4.90 Å². The number of aliphatic hydroxyl groups excluding tert-OH is 1. The maximum absolute atomic E-state index is 11.1. The van der Waals surface area contributed by atoms with Crippen LogP contribution in [0.25, 0.3) is 0 Å². The Labute approximate surface area is 131 Å². The quantitative estimate of drug-likeness (QED) is 0.648. The predicted octanol–water partition coefficient (Wildman–Crippen LogP) is 2.86. The van der Waals surface area contributed by atoms with Gasteiger partial charge < -0.3 is 10.0 Å². The monoisotopic (exact) mass is 304 g/mol. The lowest BCUT2D eigenvalue weighted by atomic mass is 10.0. The smallest absolute Gasteiger partial charge is 0.269 e. The Morgan fingerprint density at radius 2 is 1.91 bits per heavy atom. The van der Waals surface area contributed by atoms with E-state index in [2.05, 4.69) is 11.0 Å². The standard InChI is InChI=1S/C17H24N2O3/c20-17-5-8-18(9-6-17)7-1-2-13-10-15(14-3-4-14)12-16(11-13)19(21)22/h10-12,14,17,20H,1-9H2. The summed E-state index contributed by atoms with van der Waals surface area (Å²) in [7, 11) is 0. The fraction of sp³-hybridized carbons (Fsp3) is 0.647. The van der Waals surface area contributed by atoms with E-state index in [1.807, 2.05) is 0 Å². The Hall–Kier alpha value is -1.46. The van der Waals surface area contributed by atoms with E-state index in [0.29, 0.717) is 5.92 Å². The van der Waals surface area contributed by atoms with E-state index in [0.717, 1.165) is 69.3 Å². The molecule has 1 aliphatic carbocycles. The molecule has 5 nitrogen and oxygen atoms in total. The van der Waals surface area contributed by atoms with E-state index in [1.165, 1.54) is 0 Å². The first-order chi connectivity index (χ1) is 10.6. The highest BCUT2D eigenvalue weighted by molar-refractivity contribution is 5.42. The zero-order valence-electron chi connectivity index (χ0n) is 12.9. The highest BCUT2D eigenvalue weighted by Gasteiger charge is 2.25. The fourth-order valence-electron chi connectivity index (χ4n) is 3.25. The molecule has 1 N–H and O–H groups in total. The molecule has 1 saturated heterocycles. The molecule has 1 aromatic rings. The van der Waals surface area contributed by atoms with Crippen LogP contribution >= 0.6 is 0 Å². The van der Waals surface area contributed by atoms with Crippen molar-refractivity contribution in [3.63, 3.8) is 0 Å². The molecule has 0 radical (unpaired) electrons. The Kier molecular flexibility index (Phi) is 4.74. The molecule has 1 heterocycles. The van der Waals surface area contributed by atoms with Gasteiger partial charge in [-0.05, 0) is 62.1 Å². The number of piperidine rings is 1. The molecule has 2 aliphatic rings. The van der Waals surface area contributed by atoms with Crippen LogP contribution in [-0.4, -0.2) is 40.7 Å². The van der Waals surface area contributed by atoms with Gasteiger partial charge >= 0.3 is 0 Å². The normalized spacial score (nSPS) is 20.2. The average Bonchev–Trinajstić information content (AvgIpc) is 3.34. The third-order valence-electron chi connectivity index (χ3n) is 4.76. The summed E-state index contributed by atoms with van der Waals surface area (Å²) in [5.74, 6) is 0.544. The number of hydrogen-bond donors (Lipinski definition) is 1. The summed E-state index contributed by atoms with van der Waals surface area (Å²) in [4.78, 5) is 13.2. The minimum atomic E-state index is -0.276. The first-order valence-electron chi connectivity index (χ1n) is 8.30. The summed E-state index contributed by atoms with van der Waals surface area (Å²) in [6.07, 6.45) is 5.83. The Balaban J connectivity index is 1.56. The third kappa shape index (κ3) is 4.05. The van der Waals surface area contributed by atoms with Crippen LogP contribution in [0.2, 0.25) is 0 Å². The van der Waals surface area contributed by atoms with Crippen LogP contribution in [0, 0.1) is 10.1 Å². The SMILES string of the molecule is O=[N+]([O-])c1cc(CCCN2CCC(O)CC2)cc(C2CC2)c1. The van der Waals surface area contributed by atoms with E-state index in [9.17, 15) is 15.2 Å². The summed E-state index contributed by atoms with van der Waals surface area (Å²) in [6.45, 7) is 2.93. The second-order valence-electron chi connectivity index (χ2n) is 6.64. The summed E-state index contributed by atoms with van der Waals surface area (Å²) >= 11 is 0. The summed E-state index contributed by atoms with van der Waals surface area (Å²) in [5.41, 5.74) is 2.47. The van der Waals surface area contributed by atoms with Gasteiger partial charge in [0.2, 0.25) is 0 Å². The van der Waals surface area contributed by atoms with Gasteiger partial charge in [0.1, 0.15) is 0 Å². The summed E-state index contributed by atoms with van der Waals surface area (Å²) in [5, 5.41) is 20.6. The number of nitro benzene ring substituents is 1. The Morgan fingerprint density at radius 3 is 2.55 bits per heavy atom. The number of rotatable bonds is 6. The van der Waals surface area contributed by atoms with Gasteiger partial charge in [-0.25, -0.2) is 0 Å². The van der Waals surface area contributed by atoms with E-state index in [4.69, 9.17) is 0 Å². The molecule has 0 unspecified atom stereocenters. The van der Waals surface area contributed by atoms with Gasteiger partial charge in [-0.15, -0.1) is 0 Å². The van der Waals surface area contributed by atoms with Crippen molar-refractivity contribution >= 4 is 5.69 Å². The van der Waals surface area contributed by atoms with Crippen LogP contribution < -0.4 is 0 Å². The van der Waals surface area contributed by atoms with Gasteiger partial charge in [0.25, 0.3) is 5.69 Å². The van der Waals surface area contributed by atoms with Crippen molar-refractivity contribution in [2.45, 2.75) is 50.5 Å². The van der Waals surface area contributed by atoms with Crippen molar-refractivity contribution in [3.05, 3.63) is 39.4 Å². The second kappa shape index (κ2) is 6.75. The third-order valence-corrected chi connectivity index (χ3v) is 4.76. The van der Waals surface area contributed by atoms with E-state index in [-0.39, 0.29) is 16.7 Å². The van der Waals surface area contributed by atoms with Crippen molar-refractivity contribution in [3.8, 4) is 0 Å². The van der Waals surface area contributed by atoms with Crippen LogP contribution in [-0.2, 0) is 6.42 Å². The molecular weight excluding hydrogens is 280 g/mol. The minimum Gasteiger partial charge on any atom is -0.393 e. The van der Waals surface area contributed by atoms with Crippen LogP contribution in [0.1, 0.15) is 49.1 Å². The second-order valence-corrected chi connectivity index (χ2v) is 6.64. The number of likely N-dealkylation sites (tertiary alicyclic amines) is 1. The number of nitro groups is 1. The van der Waals surface area contributed by atoms with Crippen molar-refractivity contribution in [2.75, 3.05) is 19.6 Å². The molecule has 0 aromatic heterocycles. The number of non-ortho nitro benzene ring substituents is 1. The first-order valence-corrected chi connectivity index (χ1v) is 8.30.